The summed E-state index contributed by atoms with van der Waals surface area (Å²) >= 11 is 19.2. The first-order valence-electron chi connectivity index (χ1n) is 7.91. The minimum Gasteiger partial charge on any atom is -0.324 e. The van der Waals surface area contributed by atoms with Gasteiger partial charge in [0, 0.05) is 12.7 Å². The van der Waals surface area contributed by atoms with E-state index in [-0.39, 0.29) is 11.7 Å². The number of thioether (sulfide) groups is 1. The molecule has 0 aliphatic heterocycles. The average Bonchev–Trinajstić information content (AvgIpc) is 3.08. The molecule has 0 fully saturated rings. The third kappa shape index (κ3) is 4.73. The molecule has 0 saturated carbocycles. The molecule has 10 heteroatoms. The summed E-state index contributed by atoms with van der Waals surface area (Å²) in [6.07, 6.45) is 1.70. The molecule has 1 N–H and O–H groups in total. The van der Waals surface area contributed by atoms with E-state index in [0.29, 0.717) is 38.3 Å². The van der Waals surface area contributed by atoms with E-state index in [9.17, 15) is 4.79 Å². The molecule has 0 bridgehead atoms. The maximum absolute atomic E-state index is 12.3. The topological polar surface area (TPSA) is 72.7 Å². The smallest absolute Gasteiger partial charge is 0.234 e. The molecule has 2 heterocycles. The van der Waals surface area contributed by atoms with Crippen molar-refractivity contribution in [3.8, 4) is 11.5 Å². The van der Waals surface area contributed by atoms with Crippen LogP contribution in [0.5, 0.6) is 0 Å². The van der Waals surface area contributed by atoms with Crippen LogP contribution in [-0.4, -0.2) is 31.4 Å². The van der Waals surface area contributed by atoms with Crippen LogP contribution in [-0.2, 0) is 11.3 Å². The van der Waals surface area contributed by atoms with Gasteiger partial charge in [0.15, 0.2) is 11.0 Å². The van der Waals surface area contributed by atoms with Gasteiger partial charge in [0.1, 0.15) is 5.69 Å². The van der Waals surface area contributed by atoms with Crippen LogP contribution in [0.15, 0.2) is 41.7 Å². The summed E-state index contributed by atoms with van der Waals surface area (Å²) in [5.41, 5.74) is 1.13. The lowest BCUT2D eigenvalue weighted by Gasteiger charge is -2.09. The zero-order chi connectivity index (χ0) is 19.4. The standard InChI is InChI=1S/C17H14Cl3N5OS/c1-2-25-16(13-5-3-4-6-21-13)23-24-17(25)27-9-15(26)22-14-8-11(19)10(18)7-12(14)20/h3-8H,2,9H2,1H3,(H,22,26). The van der Waals surface area contributed by atoms with Crippen LogP contribution < -0.4 is 5.32 Å². The van der Waals surface area contributed by atoms with Crippen molar-refractivity contribution in [1.29, 1.82) is 0 Å². The van der Waals surface area contributed by atoms with Crippen molar-refractivity contribution in [2.45, 2.75) is 18.6 Å². The molecule has 6 nitrogen and oxygen atoms in total. The minimum atomic E-state index is -0.245. The number of amides is 1. The highest BCUT2D eigenvalue weighted by molar-refractivity contribution is 7.99. The molecule has 0 unspecified atom stereocenters. The van der Waals surface area contributed by atoms with E-state index in [0.717, 1.165) is 5.69 Å². The quantitative estimate of drug-likeness (QED) is 0.427. The number of halogens is 3. The van der Waals surface area contributed by atoms with Crippen molar-refractivity contribution in [3.05, 3.63) is 51.6 Å². The zero-order valence-corrected chi connectivity index (χ0v) is 17.2. The predicted octanol–water partition coefficient (Wildman–Crippen LogP) is 5.05. The van der Waals surface area contributed by atoms with Gasteiger partial charge in [0.25, 0.3) is 0 Å². The Morgan fingerprint density at radius 3 is 2.63 bits per heavy atom. The number of anilines is 1. The van der Waals surface area contributed by atoms with Crippen molar-refractivity contribution in [1.82, 2.24) is 19.7 Å². The van der Waals surface area contributed by atoms with Gasteiger partial charge >= 0.3 is 0 Å². The van der Waals surface area contributed by atoms with Crippen LogP contribution in [0, 0.1) is 0 Å². The SMILES string of the molecule is CCn1c(SCC(=O)Nc2cc(Cl)c(Cl)cc2Cl)nnc1-c1ccccn1. The second kappa shape index (κ2) is 8.93. The molecule has 3 aromatic rings. The van der Waals surface area contributed by atoms with Gasteiger partial charge < -0.3 is 9.88 Å². The Morgan fingerprint density at radius 1 is 1.15 bits per heavy atom. The molecule has 0 aliphatic rings. The van der Waals surface area contributed by atoms with E-state index in [2.05, 4.69) is 20.5 Å². The molecule has 0 spiro atoms. The number of carbonyl (C=O) groups is 1. The molecule has 2 aromatic heterocycles. The predicted molar refractivity (Wildman–Crippen MR) is 110 cm³/mol. The molecule has 1 amide bonds. The number of pyridine rings is 1. The van der Waals surface area contributed by atoms with Gasteiger partial charge in [-0.2, -0.15) is 0 Å². The molecule has 27 heavy (non-hydrogen) atoms. The number of benzene rings is 1. The van der Waals surface area contributed by atoms with Crippen LogP contribution in [0.3, 0.4) is 0 Å². The Morgan fingerprint density at radius 2 is 1.93 bits per heavy atom. The summed E-state index contributed by atoms with van der Waals surface area (Å²) in [5, 5.41) is 12.7. The molecule has 0 saturated heterocycles. The lowest BCUT2D eigenvalue weighted by molar-refractivity contribution is -0.113. The van der Waals surface area contributed by atoms with E-state index in [1.807, 2.05) is 29.7 Å². The van der Waals surface area contributed by atoms with Crippen molar-refractivity contribution >= 4 is 58.2 Å². The molecule has 0 radical (unpaired) electrons. The number of carbonyl (C=O) groups excluding carboxylic acids is 1. The fraction of sp³-hybridized carbons (Fsp3) is 0.176. The number of hydrogen-bond donors (Lipinski definition) is 1. The molecule has 1 aromatic carbocycles. The van der Waals surface area contributed by atoms with Crippen molar-refractivity contribution in [2.24, 2.45) is 0 Å². The molecule has 140 valence electrons. The third-order valence-corrected chi connectivity index (χ3v) is 5.55. The summed E-state index contributed by atoms with van der Waals surface area (Å²) in [5.74, 6) is 0.551. The van der Waals surface area contributed by atoms with E-state index in [1.54, 1.807) is 6.20 Å². The van der Waals surface area contributed by atoms with Gasteiger partial charge in [-0.3, -0.25) is 9.78 Å². The van der Waals surface area contributed by atoms with E-state index in [4.69, 9.17) is 34.8 Å². The zero-order valence-electron chi connectivity index (χ0n) is 14.1. The average molecular weight is 443 g/mol. The largest absolute Gasteiger partial charge is 0.324 e. The number of aromatic nitrogens is 4. The lowest BCUT2D eigenvalue weighted by atomic mass is 10.3. The van der Waals surface area contributed by atoms with Gasteiger partial charge in [-0.25, -0.2) is 0 Å². The highest BCUT2D eigenvalue weighted by Crippen LogP contribution is 2.32. The summed E-state index contributed by atoms with van der Waals surface area (Å²) in [4.78, 5) is 16.6. The van der Waals surface area contributed by atoms with Gasteiger partial charge in [0.2, 0.25) is 5.91 Å². The Kier molecular flexibility index (Phi) is 6.59. The fourth-order valence-corrected chi connectivity index (χ4v) is 3.70. The highest BCUT2D eigenvalue weighted by atomic mass is 35.5. The molecular weight excluding hydrogens is 429 g/mol. The Bertz CT molecular complexity index is 965. The summed E-state index contributed by atoms with van der Waals surface area (Å²) in [7, 11) is 0. The minimum absolute atomic E-state index is 0.136. The van der Waals surface area contributed by atoms with Crippen LogP contribution in [0.1, 0.15) is 6.92 Å². The molecular formula is C17H14Cl3N5OS. The van der Waals surface area contributed by atoms with Crippen LogP contribution >= 0.6 is 46.6 Å². The van der Waals surface area contributed by atoms with Crippen LogP contribution in [0.25, 0.3) is 11.5 Å². The van der Waals surface area contributed by atoms with Crippen LogP contribution in [0.4, 0.5) is 5.69 Å². The third-order valence-electron chi connectivity index (χ3n) is 3.54. The number of nitrogens with zero attached hydrogens (tertiary/aromatic N) is 4. The van der Waals surface area contributed by atoms with Crippen molar-refractivity contribution in [2.75, 3.05) is 11.1 Å². The monoisotopic (exact) mass is 441 g/mol. The van der Waals surface area contributed by atoms with Crippen molar-refractivity contribution < 1.29 is 4.79 Å². The van der Waals surface area contributed by atoms with Gasteiger partial charge in [-0.1, -0.05) is 52.6 Å². The Labute approximate surface area is 175 Å². The lowest BCUT2D eigenvalue weighted by Crippen LogP contribution is -2.15. The van der Waals surface area contributed by atoms with Gasteiger partial charge in [-0.15, -0.1) is 10.2 Å². The molecule has 0 aliphatic carbocycles. The number of nitrogens with one attached hydrogen (secondary N) is 1. The van der Waals surface area contributed by atoms with Gasteiger partial charge in [-0.05, 0) is 31.2 Å². The Balaban J connectivity index is 1.69. The normalized spacial score (nSPS) is 10.8. The summed E-state index contributed by atoms with van der Waals surface area (Å²) < 4.78 is 1.91. The second-order valence-electron chi connectivity index (χ2n) is 5.35. The second-order valence-corrected chi connectivity index (χ2v) is 7.51. The first-order chi connectivity index (χ1) is 13.0. The first kappa shape index (κ1) is 19.9. The molecule has 3 rings (SSSR count). The first-order valence-corrected chi connectivity index (χ1v) is 10.0. The fourth-order valence-electron chi connectivity index (χ4n) is 2.30. The Hall–Kier alpha value is -1.80. The molecule has 0 atom stereocenters. The maximum atomic E-state index is 12.3. The number of hydrogen-bond acceptors (Lipinski definition) is 5. The van der Waals surface area contributed by atoms with Gasteiger partial charge in [0.05, 0.1) is 26.5 Å². The van der Waals surface area contributed by atoms with E-state index in [1.165, 1.54) is 23.9 Å². The summed E-state index contributed by atoms with van der Waals surface area (Å²) in [6, 6.07) is 8.59. The van der Waals surface area contributed by atoms with Crippen molar-refractivity contribution in [3.63, 3.8) is 0 Å². The van der Waals surface area contributed by atoms with E-state index < -0.39 is 0 Å². The van der Waals surface area contributed by atoms with Crippen LogP contribution in [0.2, 0.25) is 15.1 Å². The maximum Gasteiger partial charge on any atom is 0.234 e. The number of rotatable bonds is 6. The summed E-state index contributed by atoms with van der Waals surface area (Å²) in [6.45, 7) is 2.64. The highest BCUT2D eigenvalue weighted by Gasteiger charge is 2.16. The van der Waals surface area contributed by atoms with E-state index >= 15 is 0 Å².